The Morgan fingerprint density at radius 3 is 2.88 bits per heavy atom. The number of morpholine rings is 1. The summed E-state index contributed by atoms with van der Waals surface area (Å²) in [5, 5.41) is 2.89. The molecule has 0 unspecified atom stereocenters. The molecule has 6 heteroatoms. The molecule has 1 aromatic carbocycles. The molecule has 2 aromatic rings. The van der Waals surface area contributed by atoms with Crippen molar-refractivity contribution in [1.82, 2.24) is 10.2 Å². The summed E-state index contributed by atoms with van der Waals surface area (Å²) < 4.78 is 24.5. The van der Waals surface area contributed by atoms with Crippen molar-refractivity contribution in [3.05, 3.63) is 48.0 Å². The number of fused-ring (bicyclic) bond motifs is 1. The Balaban J connectivity index is 1.32. The molecule has 1 amide bonds. The van der Waals surface area contributed by atoms with E-state index in [0.717, 1.165) is 25.3 Å². The highest BCUT2D eigenvalue weighted by Gasteiger charge is 2.30. The second-order valence-electron chi connectivity index (χ2n) is 6.98. The Morgan fingerprint density at radius 1 is 1.19 bits per heavy atom. The van der Waals surface area contributed by atoms with Crippen molar-refractivity contribution in [2.45, 2.75) is 31.4 Å². The van der Waals surface area contributed by atoms with E-state index in [9.17, 15) is 9.18 Å². The van der Waals surface area contributed by atoms with Gasteiger partial charge in [-0.15, -0.1) is 0 Å². The van der Waals surface area contributed by atoms with Gasteiger partial charge in [0.2, 0.25) is 0 Å². The smallest absolute Gasteiger partial charge is 0.287 e. The Labute approximate surface area is 152 Å². The second kappa shape index (κ2) is 7.60. The Morgan fingerprint density at radius 2 is 2.04 bits per heavy atom. The standard InChI is InChI=1S/C20H23FN2O3/c21-15-6-4-14(5-7-15)18-8-9-19(26-18)20(24)22-11-17-12-23-10-2-1-3-16(23)13-25-17/h4-9,16-17H,1-3,10-13H2,(H,22,24)/t16-,17+/m0/s1. The van der Waals surface area contributed by atoms with E-state index in [1.807, 2.05) is 0 Å². The van der Waals surface area contributed by atoms with Gasteiger partial charge in [-0.2, -0.15) is 0 Å². The topological polar surface area (TPSA) is 54.7 Å². The molecule has 1 N–H and O–H groups in total. The number of hydrogen-bond donors (Lipinski definition) is 1. The monoisotopic (exact) mass is 358 g/mol. The average molecular weight is 358 g/mol. The van der Waals surface area contributed by atoms with Crippen LogP contribution in [0.4, 0.5) is 4.39 Å². The van der Waals surface area contributed by atoms with Crippen LogP contribution in [0.15, 0.2) is 40.8 Å². The third-order valence-electron chi connectivity index (χ3n) is 5.16. The number of piperidine rings is 1. The van der Waals surface area contributed by atoms with Crippen LogP contribution in [-0.4, -0.2) is 49.2 Å². The number of hydrogen-bond acceptors (Lipinski definition) is 4. The number of benzene rings is 1. The minimum absolute atomic E-state index is 0.0137. The molecule has 5 nitrogen and oxygen atoms in total. The molecule has 138 valence electrons. The van der Waals surface area contributed by atoms with Crippen LogP contribution in [0.3, 0.4) is 0 Å². The molecule has 0 saturated carbocycles. The fourth-order valence-corrected chi connectivity index (χ4v) is 3.70. The van der Waals surface area contributed by atoms with Crippen molar-refractivity contribution in [3.8, 4) is 11.3 Å². The number of furan rings is 1. The molecule has 26 heavy (non-hydrogen) atoms. The van der Waals surface area contributed by atoms with Gasteiger partial charge in [-0.3, -0.25) is 9.69 Å². The third-order valence-corrected chi connectivity index (χ3v) is 5.16. The molecule has 2 aliphatic heterocycles. The SMILES string of the molecule is O=C(NC[C@@H]1CN2CCCC[C@H]2CO1)c1ccc(-c2ccc(F)cc2)o1. The quantitative estimate of drug-likeness (QED) is 0.913. The van der Waals surface area contributed by atoms with E-state index in [2.05, 4.69) is 10.2 Å². The summed E-state index contributed by atoms with van der Waals surface area (Å²) in [6.07, 6.45) is 3.74. The number of nitrogens with zero attached hydrogens (tertiary/aromatic N) is 1. The summed E-state index contributed by atoms with van der Waals surface area (Å²) in [6.45, 7) is 3.20. The van der Waals surface area contributed by atoms with Gasteiger partial charge in [0, 0.05) is 24.7 Å². The molecule has 0 bridgehead atoms. The second-order valence-corrected chi connectivity index (χ2v) is 6.98. The number of carbonyl (C=O) groups is 1. The molecular weight excluding hydrogens is 335 g/mol. The highest BCUT2D eigenvalue weighted by molar-refractivity contribution is 5.92. The first-order valence-corrected chi connectivity index (χ1v) is 9.18. The summed E-state index contributed by atoms with van der Waals surface area (Å²) in [6, 6.07) is 9.88. The van der Waals surface area contributed by atoms with E-state index < -0.39 is 0 Å². The van der Waals surface area contributed by atoms with Crippen LogP contribution < -0.4 is 5.32 Å². The van der Waals surface area contributed by atoms with Crippen LogP contribution >= 0.6 is 0 Å². The van der Waals surface area contributed by atoms with Gasteiger partial charge in [-0.05, 0) is 55.8 Å². The molecule has 2 aliphatic rings. The van der Waals surface area contributed by atoms with Gasteiger partial charge in [0.05, 0.1) is 12.7 Å². The van der Waals surface area contributed by atoms with Gasteiger partial charge in [0.25, 0.3) is 5.91 Å². The zero-order valence-corrected chi connectivity index (χ0v) is 14.6. The predicted octanol–water partition coefficient (Wildman–Crippen LogP) is 3.07. The first-order valence-electron chi connectivity index (χ1n) is 9.18. The molecule has 1 aromatic heterocycles. The Kier molecular flexibility index (Phi) is 5.04. The Bertz CT molecular complexity index is 759. The highest BCUT2D eigenvalue weighted by Crippen LogP contribution is 2.23. The largest absolute Gasteiger partial charge is 0.451 e. The summed E-state index contributed by atoms with van der Waals surface area (Å²) >= 11 is 0. The maximum absolute atomic E-state index is 13.0. The fraction of sp³-hybridized carbons (Fsp3) is 0.450. The minimum atomic E-state index is -0.304. The maximum Gasteiger partial charge on any atom is 0.287 e. The highest BCUT2D eigenvalue weighted by atomic mass is 19.1. The Hall–Kier alpha value is -2.18. The lowest BCUT2D eigenvalue weighted by Crippen LogP contribution is -2.54. The number of amides is 1. The fourth-order valence-electron chi connectivity index (χ4n) is 3.70. The van der Waals surface area contributed by atoms with Crippen molar-refractivity contribution in [2.75, 3.05) is 26.2 Å². The lowest BCUT2D eigenvalue weighted by molar-refractivity contribution is -0.0726. The van der Waals surface area contributed by atoms with Crippen molar-refractivity contribution in [1.29, 1.82) is 0 Å². The molecule has 0 radical (unpaired) electrons. The number of halogens is 1. The van der Waals surface area contributed by atoms with Crippen LogP contribution in [0.1, 0.15) is 29.8 Å². The van der Waals surface area contributed by atoms with E-state index >= 15 is 0 Å². The van der Waals surface area contributed by atoms with Crippen LogP contribution in [0, 0.1) is 5.82 Å². The van der Waals surface area contributed by atoms with Gasteiger partial charge >= 0.3 is 0 Å². The number of carbonyl (C=O) groups excluding carboxylic acids is 1. The van der Waals surface area contributed by atoms with Gasteiger partial charge in [-0.25, -0.2) is 4.39 Å². The van der Waals surface area contributed by atoms with Gasteiger partial charge < -0.3 is 14.5 Å². The van der Waals surface area contributed by atoms with Gasteiger partial charge in [0.15, 0.2) is 5.76 Å². The maximum atomic E-state index is 13.0. The van der Waals surface area contributed by atoms with Crippen molar-refractivity contribution >= 4 is 5.91 Å². The predicted molar refractivity (Wildman–Crippen MR) is 95.4 cm³/mol. The first-order chi connectivity index (χ1) is 12.7. The molecule has 2 atom stereocenters. The first kappa shape index (κ1) is 17.2. The summed E-state index contributed by atoms with van der Waals surface area (Å²) in [5.74, 6) is 0.223. The molecule has 4 rings (SSSR count). The van der Waals surface area contributed by atoms with E-state index in [0.29, 0.717) is 18.3 Å². The van der Waals surface area contributed by atoms with E-state index in [-0.39, 0.29) is 23.6 Å². The third kappa shape index (κ3) is 3.81. The zero-order chi connectivity index (χ0) is 17.9. The van der Waals surface area contributed by atoms with Crippen LogP contribution in [-0.2, 0) is 4.74 Å². The van der Waals surface area contributed by atoms with E-state index in [1.54, 1.807) is 24.3 Å². The van der Waals surface area contributed by atoms with Gasteiger partial charge in [-0.1, -0.05) is 6.42 Å². The summed E-state index contributed by atoms with van der Waals surface area (Å²) in [5.41, 5.74) is 0.734. The number of rotatable bonds is 4. The molecular formula is C20H23FN2O3. The van der Waals surface area contributed by atoms with E-state index in [4.69, 9.17) is 9.15 Å². The molecule has 2 saturated heterocycles. The normalized spacial score (nSPS) is 23.4. The molecule has 3 heterocycles. The van der Waals surface area contributed by atoms with Crippen molar-refractivity contribution in [2.24, 2.45) is 0 Å². The van der Waals surface area contributed by atoms with Crippen molar-refractivity contribution < 1.29 is 18.3 Å². The average Bonchev–Trinajstić information content (AvgIpc) is 3.17. The van der Waals surface area contributed by atoms with Crippen LogP contribution in [0.25, 0.3) is 11.3 Å². The summed E-state index contributed by atoms with van der Waals surface area (Å²) in [7, 11) is 0. The van der Waals surface area contributed by atoms with Gasteiger partial charge in [0.1, 0.15) is 11.6 Å². The lowest BCUT2D eigenvalue weighted by atomic mass is 10.0. The minimum Gasteiger partial charge on any atom is -0.451 e. The van der Waals surface area contributed by atoms with Crippen LogP contribution in [0.2, 0.25) is 0 Å². The summed E-state index contributed by atoms with van der Waals surface area (Å²) in [4.78, 5) is 14.8. The van der Waals surface area contributed by atoms with E-state index in [1.165, 1.54) is 31.4 Å². The van der Waals surface area contributed by atoms with Crippen LogP contribution in [0.5, 0.6) is 0 Å². The molecule has 0 spiro atoms. The molecule has 2 fully saturated rings. The number of ether oxygens (including phenoxy) is 1. The zero-order valence-electron chi connectivity index (χ0n) is 14.6. The number of nitrogens with one attached hydrogen (secondary N) is 1. The van der Waals surface area contributed by atoms with Crippen molar-refractivity contribution in [3.63, 3.8) is 0 Å². The molecule has 0 aliphatic carbocycles. The lowest BCUT2D eigenvalue weighted by Gasteiger charge is -2.42.